The van der Waals surface area contributed by atoms with Gasteiger partial charge >= 0.3 is 0 Å². The van der Waals surface area contributed by atoms with Gasteiger partial charge < -0.3 is 10.6 Å². The molecule has 0 spiro atoms. The van der Waals surface area contributed by atoms with E-state index < -0.39 is 0 Å². The molecule has 7 heteroatoms. The number of hydrogen-bond donors (Lipinski definition) is 2. The number of nitrogens with one attached hydrogen (secondary N) is 2. The summed E-state index contributed by atoms with van der Waals surface area (Å²) in [6, 6.07) is 0. The molecule has 1 heterocycles. The third-order valence-corrected chi connectivity index (χ3v) is 3.70. The van der Waals surface area contributed by atoms with Crippen LogP contribution in [0.5, 0.6) is 0 Å². The molecule has 0 aliphatic rings. The zero-order valence-electron chi connectivity index (χ0n) is 15.0. The standard InChI is InChI=1S/C17H27ClN4O2/c1-11(2)10-22-16(18)14(13(5)21-22)6-7-15(23)19-8-9-20-17(24)12(3)4/h6-7,11-12H,8-10H2,1-5H3,(H,19,23)(H,20,24)/b7-6+. The Morgan fingerprint density at radius 3 is 2.42 bits per heavy atom. The van der Waals surface area contributed by atoms with Gasteiger partial charge in [-0.15, -0.1) is 0 Å². The second-order valence-electron chi connectivity index (χ2n) is 6.44. The average molecular weight is 355 g/mol. The third kappa shape index (κ3) is 6.35. The molecule has 0 unspecified atom stereocenters. The predicted molar refractivity (Wildman–Crippen MR) is 96.7 cm³/mol. The van der Waals surface area contributed by atoms with Gasteiger partial charge in [0.05, 0.1) is 5.69 Å². The summed E-state index contributed by atoms with van der Waals surface area (Å²) in [5.74, 6) is 0.108. The molecular weight excluding hydrogens is 328 g/mol. The monoisotopic (exact) mass is 354 g/mol. The number of halogens is 1. The second-order valence-corrected chi connectivity index (χ2v) is 6.79. The van der Waals surface area contributed by atoms with Crippen molar-refractivity contribution in [1.82, 2.24) is 20.4 Å². The summed E-state index contributed by atoms with van der Waals surface area (Å²) in [6.07, 6.45) is 3.10. The highest BCUT2D eigenvalue weighted by Crippen LogP contribution is 2.22. The maximum atomic E-state index is 11.8. The van der Waals surface area contributed by atoms with Crippen LogP contribution in [0.25, 0.3) is 6.08 Å². The van der Waals surface area contributed by atoms with Gasteiger partial charge in [0.1, 0.15) is 5.15 Å². The van der Waals surface area contributed by atoms with Gasteiger partial charge in [0.2, 0.25) is 11.8 Å². The fourth-order valence-corrected chi connectivity index (χ4v) is 2.32. The molecule has 0 aliphatic heterocycles. The van der Waals surface area contributed by atoms with Crippen LogP contribution in [0.3, 0.4) is 0 Å². The van der Waals surface area contributed by atoms with E-state index in [2.05, 4.69) is 29.6 Å². The molecule has 2 N–H and O–H groups in total. The molecule has 0 bridgehead atoms. The van der Waals surface area contributed by atoms with Gasteiger partial charge in [0, 0.05) is 37.2 Å². The van der Waals surface area contributed by atoms with Gasteiger partial charge in [-0.25, -0.2) is 0 Å². The van der Waals surface area contributed by atoms with Crippen LogP contribution in [0.1, 0.15) is 39.0 Å². The van der Waals surface area contributed by atoms with Gasteiger partial charge in [0.15, 0.2) is 0 Å². The van der Waals surface area contributed by atoms with Crippen LogP contribution >= 0.6 is 11.6 Å². The molecule has 0 fully saturated rings. The molecule has 0 aliphatic carbocycles. The van der Waals surface area contributed by atoms with Gasteiger partial charge in [0.25, 0.3) is 0 Å². The number of hydrogen-bond acceptors (Lipinski definition) is 3. The molecule has 2 amide bonds. The van der Waals surface area contributed by atoms with E-state index in [9.17, 15) is 9.59 Å². The van der Waals surface area contributed by atoms with Crippen LogP contribution in [0.15, 0.2) is 6.08 Å². The zero-order valence-corrected chi connectivity index (χ0v) is 15.8. The quantitative estimate of drug-likeness (QED) is 0.556. The molecule has 0 atom stereocenters. The molecule has 134 valence electrons. The van der Waals surface area contributed by atoms with Crippen LogP contribution in [0.4, 0.5) is 0 Å². The Labute approximate surface area is 148 Å². The van der Waals surface area contributed by atoms with Gasteiger partial charge in [-0.2, -0.15) is 5.10 Å². The minimum Gasteiger partial charge on any atom is -0.354 e. The highest BCUT2D eigenvalue weighted by atomic mass is 35.5. The number of rotatable bonds is 8. The average Bonchev–Trinajstić information content (AvgIpc) is 2.74. The lowest BCUT2D eigenvalue weighted by Crippen LogP contribution is -2.35. The molecule has 0 aromatic carbocycles. The third-order valence-electron chi connectivity index (χ3n) is 3.30. The molecule has 6 nitrogen and oxygen atoms in total. The fraction of sp³-hybridized carbons (Fsp3) is 0.588. The maximum Gasteiger partial charge on any atom is 0.244 e. The molecule has 1 aromatic heterocycles. The predicted octanol–water partition coefficient (Wildman–Crippen LogP) is 2.40. The topological polar surface area (TPSA) is 76.0 Å². The number of aryl methyl sites for hydroxylation is 1. The first kappa shape index (κ1) is 20.2. The van der Waals surface area contributed by atoms with Crippen LogP contribution < -0.4 is 10.6 Å². The van der Waals surface area contributed by atoms with Crippen molar-refractivity contribution in [2.45, 2.75) is 41.2 Å². The number of aromatic nitrogens is 2. The van der Waals surface area contributed by atoms with E-state index in [1.54, 1.807) is 10.8 Å². The van der Waals surface area contributed by atoms with Crippen LogP contribution in [-0.4, -0.2) is 34.7 Å². The van der Waals surface area contributed by atoms with E-state index in [0.717, 1.165) is 17.8 Å². The largest absolute Gasteiger partial charge is 0.354 e. The summed E-state index contributed by atoms with van der Waals surface area (Å²) >= 11 is 6.32. The normalized spacial score (nSPS) is 11.5. The molecule has 24 heavy (non-hydrogen) atoms. The molecule has 0 radical (unpaired) electrons. The van der Waals surface area contributed by atoms with Crippen molar-refractivity contribution < 1.29 is 9.59 Å². The number of carbonyl (C=O) groups is 2. The van der Waals surface area contributed by atoms with E-state index in [1.165, 1.54) is 6.08 Å². The van der Waals surface area contributed by atoms with E-state index in [-0.39, 0.29) is 17.7 Å². The molecule has 1 aromatic rings. The van der Waals surface area contributed by atoms with Crippen LogP contribution in [0.2, 0.25) is 5.15 Å². The minimum absolute atomic E-state index is 0.0280. The Morgan fingerprint density at radius 1 is 1.21 bits per heavy atom. The van der Waals surface area contributed by atoms with Gasteiger partial charge in [-0.05, 0) is 18.9 Å². The Balaban J connectivity index is 2.52. The number of carbonyl (C=O) groups excluding carboxylic acids is 2. The van der Waals surface area contributed by atoms with Gasteiger partial charge in [-0.1, -0.05) is 39.3 Å². The van der Waals surface area contributed by atoms with E-state index >= 15 is 0 Å². The number of amides is 2. The van der Waals surface area contributed by atoms with Crippen LogP contribution in [-0.2, 0) is 16.1 Å². The van der Waals surface area contributed by atoms with Crippen molar-refractivity contribution in [1.29, 1.82) is 0 Å². The first-order valence-electron chi connectivity index (χ1n) is 8.18. The maximum absolute atomic E-state index is 11.8. The minimum atomic E-state index is -0.235. The summed E-state index contributed by atoms with van der Waals surface area (Å²) in [7, 11) is 0. The SMILES string of the molecule is Cc1nn(CC(C)C)c(Cl)c1/C=C/C(=O)NCCNC(=O)C(C)C. The van der Waals surface area contributed by atoms with E-state index in [0.29, 0.717) is 24.2 Å². The Kier molecular flexibility index (Phi) is 7.98. The lowest BCUT2D eigenvalue weighted by Gasteiger charge is -2.07. The first-order valence-corrected chi connectivity index (χ1v) is 8.56. The van der Waals surface area contributed by atoms with Crippen molar-refractivity contribution in [2.75, 3.05) is 13.1 Å². The lowest BCUT2D eigenvalue weighted by molar-refractivity contribution is -0.124. The molecule has 0 saturated carbocycles. The van der Waals surface area contributed by atoms with Crippen molar-refractivity contribution >= 4 is 29.5 Å². The smallest absolute Gasteiger partial charge is 0.244 e. The molecular formula is C17H27ClN4O2. The summed E-state index contributed by atoms with van der Waals surface area (Å²) in [5, 5.41) is 10.4. The zero-order chi connectivity index (χ0) is 18.3. The van der Waals surface area contributed by atoms with Crippen molar-refractivity contribution in [3.63, 3.8) is 0 Å². The fourth-order valence-electron chi connectivity index (χ4n) is 2.02. The van der Waals surface area contributed by atoms with Crippen molar-refractivity contribution in [3.05, 3.63) is 22.5 Å². The van der Waals surface area contributed by atoms with Gasteiger partial charge in [-0.3, -0.25) is 14.3 Å². The summed E-state index contributed by atoms with van der Waals surface area (Å²) in [6.45, 7) is 11.2. The second kappa shape index (κ2) is 9.47. The Bertz CT molecular complexity index is 606. The van der Waals surface area contributed by atoms with E-state index in [4.69, 9.17) is 11.6 Å². The highest BCUT2D eigenvalue weighted by Gasteiger charge is 2.12. The van der Waals surface area contributed by atoms with Crippen molar-refractivity contribution in [2.24, 2.45) is 11.8 Å². The summed E-state index contributed by atoms with van der Waals surface area (Å²) in [5.41, 5.74) is 1.54. The summed E-state index contributed by atoms with van der Waals surface area (Å²) in [4.78, 5) is 23.2. The molecule has 1 rings (SSSR count). The van der Waals surface area contributed by atoms with E-state index in [1.807, 2.05) is 20.8 Å². The Morgan fingerprint density at radius 2 is 1.83 bits per heavy atom. The lowest BCUT2D eigenvalue weighted by atomic mass is 10.2. The van der Waals surface area contributed by atoms with Crippen LogP contribution in [0, 0.1) is 18.8 Å². The van der Waals surface area contributed by atoms with Crippen molar-refractivity contribution in [3.8, 4) is 0 Å². The highest BCUT2D eigenvalue weighted by molar-refractivity contribution is 6.31. The first-order chi connectivity index (χ1) is 11.2. The molecule has 0 saturated heterocycles. The Hall–Kier alpha value is -1.82. The number of nitrogens with zero attached hydrogens (tertiary/aromatic N) is 2. The summed E-state index contributed by atoms with van der Waals surface area (Å²) < 4.78 is 1.75.